The highest BCUT2D eigenvalue weighted by atomic mass is 35.5. The molecule has 0 saturated heterocycles. The monoisotopic (exact) mass is 454 g/mol. The molecule has 0 aliphatic carbocycles. The van der Waals surface area contributed by atoms with Crippen LogP contribution in [0.15, 0.2) is 28.0 Å². The molecule has 0 saturated carbocycles. The van der Waals surface area contributed by atoms with Gasteiger partial charge in [0.1, 0.15) is 12.2 Å². The smallest absolute Gasteiger partial charge is 0.295 e. The van der Waals surface area contributed by atoms with Gasteiger partial charge in [-0.2, -0.15) is 4.98 Å². The predicted molar refractivity (Wildman–Crippen MR) is 111 cm³/mol. The molecule has 3 heterocycles. The Morgan fingerprint density at radius 3 is 2.60 bits per heavy atom. The van der Waals surface area contributed by atoms with Crippen LogP contribution in [0, 0.1) is 6.92 Å². The van der Waals surface area contributed by atoms with Crippen LogP contribution in [0.4, 0.5) is 10.2 Å². The highest BCUT2D eigenvalue weighted by molar-refractivity contribution is 7.91. The first-order valence-corrected chi connectivity index (χ1v) is 11.1. The SMILES string of the molecule is CCS(=O)(=O)c1ccc(CNc2nc3c(C)nc(Cl)nc3n([C@@H](C)CF)c2=O)nc1. The first-order chi connectivity index (χ1) is 14.2. The molecule has 3 aromatic heterocycles. The first kappa shape index (κ1) is 22.0. The Morgan fingerprint density at radius 1 is 1.27 bits per heavy atom. The molecular weight excluding hydrogens is 435 g/mol. The lowest BCUT2D eigenvalue weighted by atomic mass is 10.3. The molecule has 0 spiro atoms. The van der Waals surface area contributed by atoms with E-state index in [0.717, 1.165) is 0 Å². The van der Waals surface area contributed by atoms with Crippen molar-refractivity contribution in [1.82, 2.24) is 24.5 Å². The number of pyridine rings is 1. The Bertz CT molecular complexity index is 1250. The first-order valence-electron chi connectivity index (χ1n) is 9.11. The van der Waals surface area contributed by atoms with Gasteiger partial charge in [0.15, 0.2) is 21.3 Å². The van der Waals surface area contributed by atoms with Gasteiger partial charge in [0.25, 0.3) is 5.56 Å². The standard InChI is InChI=1S/C18H20ClFN6O3S/c1-4-30(28,29)13-6-5-12(21-9-13)8-22-15-17(27)26(10(2)7-20)16-14(24-15)11(3)23-18(19)25-16/h5-6,9-10H,4,7-8H2,1-3H3,(H,22,24)/t10-/m0/s1. The number of anilines is 1. The molecule has 0 fully saturated rings. The van der Waals surface area contributed by atoms with E-state index in [1.807, 2.05) is 0 Å². The summed E-state index contributed by atoms with van der Waals surface area (Å²) >= 11 is 5.91. The third-order valence-corrected chi connectivity index (χ3v) is 6.41. The number of alkyl halides is 1. The van der Waals surface area contributed by atoms with Crippen molar-refractivity contribution in [2.45, 2.75) is 38.3 Å². The van der Waals surface area contributed by atoms with Crippen LogP contribution in [0.25, 0.3) is 11.2 Å². The zero-order valence-corrected chi connectivity index (χ0v) is 18.1. The summed E-state index contributed by atoms with van der Waals surface area (Å²) in [6.45, 7) is 4.09. The highest BCUT2D eigenvalue weighted by Gasteiger charge is 2.19. The minimum absolute atomic E-state index is 0.0228. The fraction of sp³-hybridized carbons (Fsp3) is 0.389. The van der Waals surface area contributed by atoms with Gasteiger partial charge in [-0.15, -0.1) is 0 Å². The van der Waals surface area contributed by atoms with Crippen molar-refractivity contribution in [3.8, 4) is 0 Å². The van der Waals surface area contributed by atoms with Crippen molar-refractivity contribution in [2.75, 3.05) is 17.7 Å². The highest BCUT2D eigenvalue weighted by Crippen LogP contribution is 2.19. The second kappa shape index (κ2) is 8.60. The van der Waals surface area contributed by atoms with Crippen LogP contribution in [0.2, 0.25) is 5.28 Å². The second-order valence-electron chi connectivity index (χ2n) is 6.63. The van der Waals surface area contributed by atoms with Crippen LogP contribution in [-0.2, 0) is 16.4 Å². The Morgan fingerprint density at radius 2 is 2.00 bits per heavy atom. The van der Waals surface area contributed by atoms with Crippen LogP contribution in [-0.4, -0.2) is 45.3 Å². The number of halogens is 2. The molecule has 1 N–H and O–H groups in total. The average Bonchev–Trinajstić information content (AvgIpc) is 2.72. The lowest BCUT2D eigenvalue weighted by molar-refractivity contribution is 0.376. The number of hydrogen-bond donors (Lipinski definition) is 1. The molecular formula is C18H20ClFN6O3S. The zero-order valence-electron chi connectivity index (χ0n) is 16.6. The van der Waals surface area contributed by atoms with E-state index in [2.05, 4.69) is 25.3 Å². The molecule has 3 rings (SSSR count). The third-order valence-electron chi connectivity index (χ3n) is 4.52. The molecule has 160 valence electrons. The van der Waals surface area contributed by atoms with Gasteiger partial charge in [-0.05, 0) is 37.6 Å². The van der Waals surface area contributed by atoms with Crippen molar-refractivity contribution < 1.29 is 12.8 Å². The van der Waals surface area contributed by atoms with Gasteiger partial charge in [0.2, 0.25) is 5.28 Å². The summed E-state index contributed by atoms with van der Waals surface area (Å²) in [4.78, 5) is 29.6. The van der Waals surface area contributed by atoms with E-state index in [4.69, 9.17) is 11.6 Å². The second-order valence-corrected chi connectivity index (χ2v) is 9.25. The molecule has 3 aromatic rings. The van der Waals surface area contributed by atoms with E-state index in [9.17, 15) is 17.6 Å². The largest absolute Gasteiger partial charge is 0.360 e. The number of fused-ring (bicyclic) bond motifs is 1. The Labute approximate surface area is 177 Å². The molecule has 0 amide bonds. The lowest BCUT2D eigenvalue weighted by Gasteiger charge is -2.16. The van der Waals surface area contributed by atoms with Gasteiger partial charge < -0.3 is 5.32 Å². The topological polar surface area (TPSA) is 120 Å². The Hall–Kier alpha value is -2.66. The number of hydrogen-bond acceptors (Lipinski definition) is 8. The number of rotatable bonds is 7. The van der Waals surface area contributed by atoms with Crippen molar-refractivity contribution in [3.05, 3.63) is 45.4 Å². The lowest BCUT2D eigenvalue weighted by Crippen LogP contribution is -2.29. The molecule has 12 heteroatoms. The fourth-order valence-corrected chi connectivity index (χ4v) is 3.85. The predicted octanol–water partition coefficient (Wildman–Crippen LogP) is 2.48. The minimum atomic E-state index is -3.35. The molecule has 0 aliphatic heterocycles. The average molecular weight is 455 g/mol. The van der Waals surface area contributed by atoms with Crippen molar-refractivity contribution >= 4 is 38.4 Å². The van der Waals surface area contributed by atoms with Crippen molar-refractivity contribution in [3.63, 3.8) is 0 Å². The van der Waals surface area contributed by atoms with Crippen LogP contribution in [0.1, 0.15) is 31.3 Å². The number of nitrogens with one attached hydrogen (secondary N) is 1. The van der Waals surface area contributed by atoms with Crippen molar-refractivity contribution in [2.24, 2.45) is 0 Å². The minimum Gasteiger partial charge on any atom is -0.360 e. The molecule has 0 aromatic carbocycles. The summed E-state index contributed by atoms with van der Waals surface area (Å²) in [5.41, 5.74) is 0.854. The van der Waals surface area contributed by atoms with Gasteiger partial charge in [-0.25, -0.2) is 22.8 Å². The molecule has 0 bridgehead atoms. The van der Waals surface area contributed by atoms with E-state index < -0.39 is 28.1 Å². The Balaban J connectivity index is 1.99. The number of sulfone groups is 1. The van der Waals surface area contributed by atoms with E-state index in [-0.39, 0.29) is 33.9 Å². The summed E-state index contributed by atoms with van der Waals surface area (Å²) < 4.78 is 38.4. The van der Waals surface area contributed by atoms with E-state index >= 15 is 0 Å². The van der Waals surface area contributed by atoms with Gasteiger partial charge in [0, 0.05) is 6.20 Å². The van der Waals surface area contributed by atoms with Crippen LogP contribution in [0.5, 0.6) is 0 Å². The molecule has 0 radical (unpaired) electrons. The quantitative estimate of drug-likeness (QED) is 0.540. The molecule has 9 nitrogen and oxygen atoms in total. The van der Waals surface area contributed by atoms with Gasteiger partial charge in [0.05, 0.1) is 34.6 Å². The van der Waals surface area contributed by atoms with E-state index in [1.165, 1.54) is 16.8 Å². The van der Waals surface area contributed by atoms with Crippen molar-refractivity contribution in [1.29, 1.82) is 0 Å². The molecule has 1 atom stereocenters. The summed E-state index contributed by atoms with van der Waals surface area (Å²) in [5.74, 6) is -0.0470. The normalized spacial score (nSPS) is 12.8. The van der Waals surface area contributed by atoms with Crippen LogP contribution in [0.3, 0.4) is 0 Å². The summed E-state index contributed by atoms with van der Waals surface area (Å²) in [5, 5.41) is 2.83. The van der Waals surface area contributed by atoms with Crippen LogP contribution >= 0.6 is 11.6 Å². The summed E-state index contributed by atoms with van der Waals surface area (Å²) in [7, 11) is -3.35. The fourth-order valence-electron chi connectivity index (χ4n) is 2.82. The van der Waals surface area contributed by atoms with Crippen LogP contribution < -0.4 is 10.9 Å². The van der Waals surface area contributed by atoms with E-state index in [1.54, 1.807) is 26.8 Å². The third kappa shape index (κ3) is 4.26. The Kier molecular flexibility index (Phi) is 6.32. The van der Waals surface area contributed by atoms with Gasteiger partial charge in [-0.1, -0.05) is 6.92 Å². The molecule has 0 unspecified atom stereocenters. The molecule has 0 aliphatic rings. The maximum atomic E-state index is 13.4. The molecule has 30 heavy (non-hydrogen) atoms. The van der Waals surface area contributed by atoms with Gasteiger partial charge in [-0.3, -0.25) is 14.3 Å². The summed E-state index contributed by atoms with van der Waals surface area (Å²) in [6.07, 6.45) is 1.27. The summed E-state index contributed by atoms with van der Waals surface area (Å²) in [6, 6.07) is 2.22. The number of nitrogens with zero attached hydrogens (tertiary/aromatic N) is 5. The number of aromatic nitrogens is 5. The maximum Gasteiger partial charge on any atom is 0.295 e. The zero-order chi connectivity index (χ0) is 22.1. The van der Waals surface area contributed by atoms with E-state index in [0.29, 0.717) is 16.9 Å². The number of aryl methyl sites for hydroxylation is 1. The van der Waals surface area contributed by atoms with Gasteiger partial charge >= 0.3 is 0 Å². The maximum absolute atomic E-state index is 13.4.